The van der Waals surface area contributed by atoms with Crippen molar-refractivity contribution in [3.8, 4) is 0 Å². The third-order valence-electron chi connectivity index (χ3n) is 4.27. The molecule has 0 saturated carbocycles. The lowest BCUT2D eigenvalue weighted by Crippen LogP contribution is -2.15. The van der Waals surface area contributed by atoms with Crippen molar-refractivity contribution in [3.63, 3.8) is 0 Å². The first-order chi connectivity index (χ1) is 10.9. The van der Waals surface area contributed by atoms with Crippen LogP contribution in [0.5, 0.6) is 0 Å². The van der Waals surface area contributed by atoms with Crippen molar-refractivity contribution in [1.82, 2.24) is 9.55 Å². The lowest BCUT2D eigenvalue weighted by molar-refractivity contribution is 0.0684. The Morgan fingerprint density at radius 1 is 1.39 bits per heavy atom. The molecule has 0 amide bonds. The average molecular weight is 378 g/mol. The van der Waals surface area contributed by atoms with Crippen molar-refractivity contribution in [1.29, 1.82) is 0 Å². The summed E-state index contributed by atoms with van der Waals surface area (Å²) < 4.78 is 2.82. The number of anilines is 2. The fourth-order valence-corrected chi connectivity index (χ4v) is 3.63. The second kappa shape index (κ2) is 6.00. The fourth-order valence-electron chi connectivity index (χ4n) is 3.02. The zero-order valence-corrected chi connectivity index (χ0v) is 15.1. The normalized spacial score (nSPS) is 13.7. The zero-order chi connectivity index (χ0) is 16.7. The Bertz CT molecular complexity index is 767. The van der Waals surface area contributed by atoms with Crippen molar-refractivity contribution >= 4 is 33.5 Å². The van der Waals surface area contributed by atoms with E-state index in [1.54, 1.807) is 0 Å². The summed E-state index contributed by atoms with van der Waals surface area (Å²) in [5.74, 6) is 0.278. The molecule has 1 aliphatic heterocycles. The number of halogens is 1. The second-order valence-corrected chi connectivity index (χ2v) is 6.89. The molecule has 1 aliphatic rings. The van der Waals surface area contributed by atoms with Gasteiger partial charge in [0.2, 0.25) is 5.95 Å². The van der Waals surface area contributed by atoms with Crippen LogP contribution in [0.4, 0.5) is 11.6 Å². The zero-order valence-electron chi connectivity index (χ0n) is 13.5. The quantitative estimate of drug-likeness (QED) is 0.867. The number of aryl methyl sites for hydroxylation is 1. The standard InChI is InChI=1S/C17H20BrN3O2/c1-4-13-15(16(22)23)21-8-7-20(17(21)19-13)14-6-5-11(10(2)3)9-12(14)18/h5-6,9-10H,4,7-8H2,1-3H3,(H,22,23). The molecule has 1 aromatic carbocycles. The molecule has 5 nitrogen and oxygen atoms in total. The van der Waals surface area contributed by atoms with Gasteiger partial charge in [-0.1, -0.05) is 26.8 Å². The van der Waals surface area contributed by atoms with Crippen molar-refractivity contribution in [2.45, 2.75) is 39.7 Å². The molecule has 3 rings (SSSR count). The van der Waals surface area contributed by atoms with E-state index in [1.165, 1.54) is 5.56 Å². The maximum Gasteiger partial charge on any atom is 0.354 e. The van der Waals surface area contributed by atoms with E-state index in [-0.39, 0.29) is 0 Å². The number of nitrogens with zero attached hydrogens (tertiary/aromatic N) is 3. The molecule has 6 heteroatoms. The van der Waals surface area contributed by atoms with Gasteiger partial charge in [0.05, 0.1) is 11.4 Å². The van der Waals surface area contributed by atoms with E-state index in [0.29, 0.717) is 30.3 Å². The Hall–Kier alpha value is -1.82. The fraction of sp³-hybridized carbons (Fsp3) is 0.412. The van der Waals surface area contributed by atoms with Crippen molar-refractivity contribution in [2.75, 3.05) is 11.4 Å². The molecule has 0 fully saturated rings. The summed E-state index contributed by atoms with van der Waals surface area (Å²) >= 11 is 3.65. The highest BCUT2D eigenvalue weighted by Crippen LogP contribution is 2.37. The van der Waals surface area contributed by atoms with Crippen LogP contribution < -0.4 is 4.90 Å². The Morgan fingerprint density at radius 2 is 2.13 bits per heavy atom. The summed E-state index contributed by atoms with van der Waals surface area (Å²) in [4.78, 5) is 18.2. The van der Waals surface area contributed by atoms with Gasteiger partial charge in [0, 0.05) is 17.6 Å². The molecule has 122 valence electrons. The highest BCUT2D eigenvalue weighted by molar-refractivity contribution is 9.10. The van der Waals surface area contributed by atoms with Crippen molar-refractivity contribution in [2.24, 2.45) is 0 Å². The number of aromatic carboxylic acids is 1. The number of hydrogen-bond acceptors (Lipinski definition) is 3. The summed E-state index contributed by atoms with van der Waals surface area (Å²) in [6.45, 7) is 7.63. The summed E-state index contributed by atoms with van der Waals surface area (Å²) in [7, 11) is 0. The molecule has 0 atom stereocenters. The number of benzene rings is 1. The minimum absolute atomic E-state index is 0.319. The van der Waals surface area contributed by atoms with E-state index in [9.17, 15) is 9.90 Å². The monoisotopic (exact) mass is 377 g/mol. The number of hydrogen-bond donors (Lipinski definition) is 1. The lowest BCUT2D eigenvalue weighted by atomic mass is 10.0. The highest BCUT2D eigenvalue weighted by Gasteiger charge is 2.31. The molecule has 2 aromatic rings. The van der Waals surface area contributed by atoms with E-state index < -0.39 is 5.97 Å². The van der Waals surface area contributed by atoms with Crippen molar-refractivity contribution < 1.29 is 9.90 Å². The number of carboxylic acids is 1. The first kappa shape index (κ1) is 16.1. The van der Waals surface area contributed by atoms with Gasteiger partial charge in [-0.15, -0.1) is 0 Å². The molecule has 0 aliphatic carbocycles. The minimum Gasteiger partial charge on any atom is -0.477 e. The van der Waals surface area contributed by atoms with E-state index in [1.807, 2.05) is 11.5 Å². The summed E-state index contributed by atoms with van der Waals surface area (Å²) in [5.41, 5.74) is 3.26. The van der Waals surface area contributed by atoms with E-state index >= 15 is 0 Å². The molecule has 23 heavy (non-hydrogen) atoms. The number of carbonyl (C=O) groups is 1. The van der Waals surface area contributed by atoms with Crippen LogP contribution in [-0.4, -0.2) is 27.2 Å². The molecule has 1 aromatic heterocycles. The third kappa shape index (κ3) is 2.65. The molecule has 2 heterocycles. The Labute approximate surface area is 144 Å². The number of aromatic nitrogens is 2. The molecular formula is C17H20BrN3O2. The van der Waals surface area contributed by atoms with Crippen LogP contribution in [0, 0.1) is 0 Å². The predicted molar refractivity (Wildman–Crippen MR) is 93.8 cm³/mol. The number of imidazole rings is 1. The Balaban J connectivity index is 2.05. The SMILES string of the molecule is CCc1nc2n(c1C(=O)O)CCN2c1ccc(C(C)C)cc1Br. The molecule has 1 N–H and O–H groups in total. The van der Waals surface area contributed by atoms with Gasteiger partial charge in [-0.2, -0.15) is 0 Å². The van der Waals surface area contributed by atoms with Crippen LogP contribution in [0.1, 0.15) is 48.4 Å². The molecule has 0 saturated heterocycles. The van der Waals surface area contributed by atoms with Gasteiger partial charge in [0.25, 0.3) is 0 Å². The minimum atomic E-state index is -0.906. The number of fused-ring (bicyclic) bond motifs is 1. The van der Waals surface area contributed by atoms with Crippen LogP contribution in [0.25, 0.3) is 0 Å². The van der Waals surface area contributed by atoms with Gasteiger partial charge in [-0.3, -0.25) is 0 Å². The molecule has 0 bridgehead atoms. The van der Waals surface area contributed by atoms with Gasteiger partial charge in [-0.25, -0.2) is 9.78 Å². The van der Waals surface area contributed by atoms with Gasteiger partial charge in [0.1, 0.15) is 0 Å². The van der Waals surface area contributed by atoms with Crippen LogP contribution in [-0.2, 0) is 13.0 Å². The molecule has 0 unspecified atom stereocenters. The smallest absolute Gasteiger partial charge is 0.354 e. The van der Waals surface area contributed by atoms with Crippen LogP contribution >= 0.6 is 15.9 Å². The maximum atomic E-state index is 11.5. The number of carboxylic acid groups (broad SMARTS) is 1. The molecule has 0 radical (unpaired) electrons. The number of rotatable bonds is 4. The predicted octanol–water partition coefficient (Wildman–Crippen LogP) is 4.18. The second-order valence-electron chi connectivity index (χ2n) is 6.03. The Morgan fingerprint density at radius 3 is 2.70 bits per heavy atom. The average Bonchev–Trinajstić information content (AvgIpc) is 3.05. The highest BCUT2D eigenvalue weighted by atomic mass is 79.9. The molecular weight excluding hydrogens is 358 g/mol. The summed E-state index contributed by atoms with van der Waals surface area (Å²) in [5, 5.41) is 9.47. The summed E-state index contributed by atoms with van der Waals surface area (Å²) in [6, 6.07) is 6.33. The van der Waals surface area contributed by atoms with Gasteiger partial charge < -0.3 is 14.6 Å². The van der Waals surface area contributed by atoms with Crippen LogP contribution in [0.15, 0.2) is 22.7 Å². The first-order valence-corrected chi connectivity index (χ1v) is 8.63. The molecule has 0 spiro atoms. The van der Waals surface area contributed by atoms with E-state index in [4.69, 9.17) is 0 Å². The van der Waals surface area contributed by atoms with Crippen LogP contribution in [0.2, 0.25) is 0 Å². The largest absolute Gasteiger partial charge is 0.477 e. The van der Waals surface area contributed by atoms with E-state index in [2.05, 4.69) is 57.9 Å². The van der Waals surface area contributed by atoms with Gasteiger partial charge in [-0.05, 0) is 46.0 Å². The first-order valence-electron chi connectivity index (χ1n) is 7.83. The Kier molecular flexibility index (Phi) is 4.19. The van der Waals surface area contributed by atoms with E-state index in [0.717, 1.165) is 22.7 Å². The summed E-state index contributed by atoms with van der Waals surface area (Å²) in [6.07, 6.45) is 0.614. The lowest BCUT2D eigenvalue weighted by Gasteiger charge is -2.19. The van der Waals surface area contributed by atoms with Crippen molar-refractivity contribution in [3.05, 3.63) is 39.6 Å². The topological polar surface area (TPSA) is 58.4 Å². The van der Waals surface area contributed by atoms with Crippen LogP contribution in [0.3, 0.4) is 0 Å². The van der Waals surface area contributed by atoms with Gasteiger partial charge in [0.15, 0.2) is 5.69 Å². The van der Waals surface area contributed by atoms with Gasteiger partial charge >= 0.3 is 5.97 Å². The maximum absolute atomic E-state index is 11.5. The third-order valence-corrected chi connectivity index (χ3v) is 4.91.